The maximum atomic E-state index is 12.5. The largest absolute Gasteiger partial charge is 0.377 e. The Bertz CT molecular complexity index is 743. The van der Waals surface area contributed by atoms with Gasteiger partial charge in [0.1, 0.15) is 0 Å². The fourth-order valence-electron chi connectivity index (χ4n) is 2.29. The third kappa shape index (κ3) is 2.94. The molecule has 1 aliphatic heterocycles. The summed E-state index contributed by atoms with van der Waals surface area (Å²) in [4.78, 5) is 23.2. The van der Waals surface area contributed by atoms with Crippen LogP contribution in [0.3, 0.4) is 0 Å². The number of sulfonamides is 1. The number of hydrogen-bond acceptors (Lipinski definition) is 5. The van der Waals surface area contributed by atoms with Gasteiger partial charge >= 0.3 is 5.69 Å². The molecule has 8 nitrogen and oxygen atoms in total. The summed E-state index contributed by atoms with van der Waals surface area (Å²) in [6.45, 7) is 0.814. The van der Waals surface area contributed by atoms with Crippen LogP contribution >= 0.6 is 0 Å². The van der Waals surface area contributed by atoms with Gasteiger partial charge in [0.15, 0.2) is 4.90 Å². The molecule has 0 bridgehead atoms. The lowest BCUT2D eigenvalue weighted by molar-refractivity contribution is 0.0978. The Morgan fingerprint density at radius 1 is 1.38 bits per heavy atom. The first kappa shape index (κ1) is 15.9. The van der Waals surface area contributed by atoms with Gasteiger partial charge in [0.05, 0.1) is 6.10 Å². The van der Waals surface area contributed by atoms with E-state index in [9.17, 15) is 18.0 Å². The standard InChI is InChI=1S/C12H19N3O5S/c1-13-8-10(11(16)15(3)12(13)17)21(18,19)14(2)7-9-5-4-6-20-9/h8-9H,4-7H2,1-3H3/t9-/m1/s1. The van der Waals surface area contributed by atoms with Crippen molar-refractivity contribution in [2.75, 3.05) is 20.2 Å². The Morgan fingerprint density at radius 3 is 2.62 bits per heavy atom. The summed E-state index contributed by atoms with van der Waals surface area (Å²) in [5.41, 5.74) is -1.39. The molecule has 0 aromatic carbocycles. The maximum absolute atomic E-state index is 12.5. The molecule has 1 aromatic rings. The van der Waals surface area contributed by atoms with Gasteiger partial charge in [-0.05, 0) is 12.8 Å². The molecule has 118 valence electrons. The number of likely N-dealkylation sites (N-methyl/N-ethyl adjacent to an activating group) is 1. The van der Waals surface area contributed by atoms with E-state index in [1.54, 1.807) is 0 Å². The first-order valence-electron chi connectivity index (χ1n) is 6.59. The molecule has 1 aliphatic rings. The molecule has 0 N–H and O–H groups in total. The molecule has 1 fully saturated rings. The van der Waals surface area contributed by atoms with Crippen LogP contribution in [0.25, 0.3) is 0 Å². The van der Waals surface area contributed by atoms with E-state index in [4.69, 9.17) is 4.74 Å². The zero-order valence-corrected chi connectivity index (χ0v) is 13.1. The predicted octanol–water partition coefficient (Wildman–Crippen LogP) is -1.12. The van der Waals surface area contributed by atoms with Crippen LogP contribution in [0.15, 0.2) is 20.7 Å². The summed E-state index contributed by atoms with van der Waals surface area (Å²) in [6, 6.07) is 0. The first-order valence-corrected chi connectivity index (χ1v) is 8.03. The van der Waals surface area contributed by atoms with Crippen molar-refractivity contribution >= 4 is 10.0 Å². The molecule has 0 amide bonds. The van der Waals surface area contributed by atoms with Crippen LogP contribution in [0.1, 0.15) is 12.8 Å². The Hall–Kier alpha value is -1.45. The van der Waals surface area contributed by atoms with E-state index in [2.05, 4.69) is 0 Å². The van der Waals surface area contributed by atoms with Crippen LogP contribution in [-0.2, 0) is 28.9 Å². The second-order valence-electron chi connectivity index (χ2n) is 5.17. The molecular weight excluding hydrogens is 298 g/mol. The smallest absolute Gasteiger partial charge is 0.330 e. The summed E-state index contributed by atoms with van der Waals surface area (Å²) >= 11 is 0. The number of nitrogens with zero attached hydrogens (tertiary/aromatic N) is 3. The molecule has 0 aliphatic carbocycles. The van der Waals surface area contributed by atoms with Gasteiger partial charge in [0, 0.05) is 40.5 Å². The average molecular weight is 317 g/mol. The molecule has 0 radical (unpaired) electrons. The number of aromatic nitrogens is 2. The van der Waals surface area contributed by atoms with Gasteiger partial charge in [-0.15, -0.1) is 0 Å². The van der Waals surface area contributed by atoms with Crippen LogP contribution in [0.4, 0.5) is 0 Å². The minimum Gasteiger partial charge on any atom is -0.377 e. The van der Waals surface area contributed by atoms with Crippen molar-refractivity contribution in [2.24, 2.45) is 14.1 Å². The second kappa shape index (κ2) is 5.74. The van der Waals surface area contributed by atoms with E-state index in [-0.39, 0.29) is 12.6 Å². The van der Waals surface area contributed by atoms with Gasteiger partial charge in [0.2, 0.25) is 10.0 Å². The molecule has 9 heteroatoms. The van der Waals surface area contributed by atoms with Gasteiger partial charge < -0.3 is 9.30 Å². The highest BCUT2D eigenvalue weighted by molar-refractivity contribution is 7.89. The molecule has 0 saturated carbocycles. The predicted molar refractivity (Wildman–Crippen MR) is 75.7 cm³/mol. The van der Waals surface area contributed by atoms with Gasteiger partial charge in [-0.3, -0.25) is 9.36 Å². The Kier molecular flexibility index (Phi) is 4.35. The number of aryl methyl sites for hydroxylation is 1. The van der Waals surface area contributed by atoms with Gasteiger partial charge in [-0.2, -0.15) is 4.31 Å². The molecule has 1 saturated heterocycles. The molecule has 2 heterocycles. The highest BCUT2D eigenvalue weighted by Crippen LogP contribution is 2.16. The fourth-order valence-corrected chi connectivity index (χ4v) is 3.64. The van der Waals surface area contributed by atoms with E-state index in [1.807, 2.05) is 0 Å². The summed E-state index contributed by atoms with van der Waals surface area (Å²) in [5.74, 6) is 0. The molecule has 2 rings (SSSR count). The highest BCUT2D eigenvalue weighted by Gasteiger charge is 2.29. The summed E-state index contributed by atoms with van der Waals surface area (Å²) < 4.78 is 33.4. The van der Waals surface area contributed by atoms with E-state index < -0.39 is 26.2 Å². The van der Waals surface area contributed by atoms with Crippen molar-refractivity contribution in [3.63, 3.8) is 0 Å². The van der Waals surface area contributed by atoms with Crippen molar-refractivity contribution in [1.82, 2.24) is 13.4 Å². The molecular formula is C12H19N3O5S. The highest BCUT2D eigenvalue weighted by atomic mass is 32.2. The molecule has 0 spiro atoms. The minimum atomic E-state index is -3.96. The Balaban J connectivity index is 2.39. The fraction of sp³-hybridized carbons (Fsp3) is 0.667. The Morgan fingerprint density at radius 2 is 2.05 bits per heavy atom. The quantitative estimate of drug-likeness (QED) is 0.702. The van der Waals surface area contributed by atoms with E-state index in [0.29, 0.717) is 6.61 Å². The molecule has 1 atom stereocenters. The molecule has 1 aromatic heterocycles. The summed E-state index contributed by atoms with van der Waals surface area (Å²) in [5, 5.41) is 0. The third-order valence-corrected chi connectivity index (χ3v) is 5.39. The zero-order valence-electron chi connectivity index (χ0n) is 12.3. The Labute approximate surface area is 122 Å². The lowest BCUT2D eigenvalue weighted by atomic mass is 10.2. The average Bonchev–Trinajstić information content (AvgIpc) is 2.93. The lowest BCUT2D eigenvalue weighted by Gasteiger charge is -2.20. The maximum Gasteiger partial charge on any atom is 0.330 e. The number of rotatable bonds is 4. The van der Waals surface area contributed by atoms with Crippen LogP contribution < -0.4 is 11.2 Å². The second-order valence-corrected chi connectivity index (χ2v) is 7.18. The van der Waals surface area contributed by atoms with Crippen molar-refractivity contribution < 1.29 is 13.2 Å². The SMILES string of the molecule is CN(C[C@H]1CCCO1)S(=O)(=O)c1cn(C)c(=O)n(C)c1=O. The monoisotopic (exact) mass is 317 g/mol. The van der Waals surface area contributed by atoms with Crippen molar-refractivity contribution in [1.29, 1.82) is 0 Å². The van der Waals surface area contributed by atoms with Gasteiger partial charge in [0.25, 0.3) is 5.56 Å². The number of hydrogen-bond donors (Lipinski definition) is 0. The van der Waals surface area contributed by atoms with Crippen LogP contribution in [0, 0.1) is 0 Å². The van der Waals surface area contributed by atoms with Crippen molar-refractivity contribution in [3.8, 4) is 0 Å². The lowest BCUT2D eigenvalue weighted by Crippen LogP contribution is -2.43. The third-order valence-electron chi connectivity index (χ3n) is 3.59. The summed E-state index contributed by atoms with van der Waals surface area (Å²) in [7, 11) is 0.103. The van der Waals surface area contributed by atoms with Gasteiger partial charge in [-0.1, -0.05) is 0 Å². The van der Waals surface area contributed by atoms with Crippen molar-refractivity contribution in [3.05, 3.63) is 27.0 Å². The summed E-state index contributed by atoms with van der Waals surface area (Å²) in [6.07, 6.45) is 2.61. The van der Waals surface area contributed by atoms with Crippen LogP contribution in [-0.4, -0.2) is 48.2 Å². The van der Waals surface area contributed by atoms with Gasteiger partial charge in [-0.25, -0.2) is 13.2 Å². The normalized spacial score (nSPS) is 19.3. The van der Waals surface area contributed by atoms with Crippen LogP contribution in [0.2, 0.25) is 0 Å². The topological polar surface area (TPSA) is 90.6 Å². The van der Waals surface area contributed by atoms with Crippen LogP contribution in [0.5, 0.6) is 0 Å². The van der Waals surface area contributed by atoms with E-state index >= 15 is 0 Å². The molecule has 0 unspecified atom stereocenters. The van der Waals surface area contributed by atoms with E-state index in [1.165, 1.54) is 21.1 Å². The van der Waals surface area contributed by atoms with E-state index in [0.717, 1.165) is 32.5 Å². The minimum absolute atomic E-state index is 0.152. The first-order chi connectivity index (χ1) is 9.75. The number of ether oxygens (including phenoxy) is 1. The van der Waals surface area contributed by atoms with Crippen molar-refractivity contribution in [2.45, 2.75) is 23.8 Å². The zero-order chi connectivity index (χ0) is 15.8. The molecule has 21 heavy (non-hydrogen) atoms.